The van der Waals surface area contributed by atoms with Crippen LogP contribution in [-0.2, 0) is 13.0 Å². The fourth-order valence-corrected chi connectivity index (χ4v) is 3.37. The van der Waals surface area contributed by atoms with Crippen LogP contribution in [0.15, 0.2) is 24.3 Å². The summed E-state index contributed by atoms with van der Waals surface area (Å²) in [6, 6.07) is 8.94. The van der Waals surface area contributed by atoms with E-state index >= 15 is 0 Å². The van der Waals surface area contributed by atoms with Crippen molar-refractivity contribution in [3.05, 3.63) is 35.4 Å². The van der Waals surface area contributed by atoms with Crippen LogP contribution in [0.3, 0.4) is 0 Å². The van der Waals surface area contributed by atoms with Gasteiger partial charge in [0.25, 0.3) is 0 Å². The number of hydrogen-bond donors (Lipinski definition) is 1. The molecule has 0 atom stereocenters. The van der Waals surface area contributed by atoms with E-state index in [9.17, 15) is 0 Å². The number of rotatable bonds is 0. The predicted octanol–water partition coefficient (Wildman–Crippen LogP) is 3.43. The topological polar surface area (TPSA) is 12.0 Å². The van der Waals surface area contributed by atoms with E-state index in [0.717, 1.165) is 6.54 Å². The Hall–Kier alpha value is -0.820. The van der Waals surface area contributed by atoms with Crippen molar-refractivity contribution in [2.24, 2.45) is 0 Å². The molecule has 2 aliphatic rings. The van der Waals surface area contributed by atoms with Gasteiger partial charge in [-0.2, -0.15) is 0 Å². The third kappa shape index (κ3) is 1.89. The average Bonchev–Trinajstić information content (AvgIpc) is 2.55. The van der Waals surface area contributed by atoms with Crippen molar-refractivity contribution in [1.82, 2.24) is 5.32 Å². The Balaban J connectivity index is 1.85. The summed E-state index contributed by atoms with van der Waals surface area (Å²) >= 11 is 0. The maximum Gasteiger partial charge on any atom is 0.0225 e. The van der Waals surface area contributed by atoms with E-state index in [-0.39, 0.29) is 0 Å². The average molecular weight is 215 g/mol. The first-order chi connectivity index (χ1) is 7.88. The van der Waals surface area contributed by atoms with Gasteiger partial charge in [0, 0.05) is 12.1 Å². The zero-order chi connectivity index (χ0) is 10.8. The summed E-state index contributed by atoms with van der Waals surface area (Å²) in [5.74, 6) is 0. The van der Waals surface area contributed by atoms with E-state index in [2.05, 4.69) is 29.6 Å². The van der Waals surface area contributed by atoms with Crippen LogP contribution < -0.4 is 5.32 Å². The fourth-order valence-electron chi connectivity index (χ4n) is 3.37. The van der Waals surface area contributed by atoms with Crippen molar-refractivity contribution >= 4 is 0 Å². The molecule has 0 aromatic heterocycles. The molecule has 1 spiro atoms. The molecule has 3 rings (SSSR count). The molecule has 1 aliphatic carbocycles. The Morgan fingerprint density at radius 3 is 2.31 bits per heavy atom. The van der Waals surface area contributed by atoms with Gasteiger partial charge < -0.3 is 5.32 Å². The summed E-state index contributed by atoms with van der Waals surface area (Å²) in [5, 5.41) is 3.83. The highest BCUT2D eigenvalue weighted by Crippen LogP contribution is 2.34. The number of nitrogens with one attached hydrogen (secondary N) is 1. The number of benzene rings is 1. The fraction of sp³-hybridized carbons (Fsp3) is 0.600. The van der Waals surface area contributed by atoms with Gasteiger partial charge in [-0.15, -0.1) is 0 Å². The highest BCUT2D eigenvalue weighted by molar-refractivity contribution is 5.31. The lowest BCUT2D eigenvalue weighted by Gasteiger charge is -2.39. The number of hydrogen-bond acceptors (Lipinski definition) is 1. The van der Waals surface area contributed by atoms with Gasteiger partial charge in [-0.1, -0.05) is 49.9 Å². The standard InChI is InChI=1S/C15H21N/c1-2-6-10-15(9-5-1)11-13-7-3-4-8-14(13)12-16-15/h3-4,7-8,16H,1-2,5-6,9-12H2. The third-order valence-electron chi connectivity index (χ3n) is 4.36. The van der Waals surface area contributed by atoms with E-state index in [1.807, 2.05) is 0 Å². The second-order valence-corrected chi connectivity index (χ2v) is 5.49. The molecule has 0 radical (unpaired) electrons. The molecule has 1 aromatic rings. The molecule has 86 valence electrons. The van der Waals surface area contributed by atoms with Crippen molar-refractivity contribution in [3.8, 4) is 0 Å². The van der Waals surface area contributed by atoms with Crippen molar-refractivity contribution < 1.29 is 0 Å². The summed E-state index contributed by atoms with van der Waals surface area (Å²) in [7, 11) is 0. The summed E-state index contributed by atoms with van der Waals surface area (Å²) in [4.78, 5) is 0. The minimum absolute atomic E-state index is 0.435. The van der Waals surface area contributed by atoms with E-state index in [1.165, 1.54) is 50.5 Å². The molecule has 1 nitrogen and oxygen atoms in total. The van der Waals surface area contributed by atoms with Crippen LogP contribution in [0.5, 0.6) is 0 Å². The second kappa shape index (κ2) is 4.21. The quantitative estimate of drug-likeness (QED) is 0.699. The first-order valence-electron chi connectivity index (χ1n) is 6.70. The highest BCUT2D eigenvalue weighted by Gasteiger charge is 2.33. The molecule has 1 aromatic carbocycles. The van der Waals surface area contributed by atoms with Gasteiger partial charge >= 0.3 is 0 Å². The monoisotopic (exact) mass is 215 g/mol. The van der Waals surface area contributed by atoms with E-state index in [1.54, 1.807) is 5.56 Å². The van der Waals surface area contributed by atoms with Crippen molar-refractivity contribution in [1.29, 1.82) is 0 Å². The lowest BCUT2D eigenvalue weighted by Crippen LogP contribution is -2.49. The van der Waals surface area contributed by atoms with Crippen LogP contribution in [0.2, 0.25) is 0 Å². The third-order valence-corrected chi connectivity index (χ3v) is 4.36. The Bertz CT molecular complexity index is 361. The predicted molar refractivity (Wildman–Crippen MR) is 67.4 cm³/mol. The van der Waals surface area contributed by atoms with Gasteiger partial charge in [0.2, 0.25) is 0 Å². The van der Waals surface area contributed by atoms with E-state index < -0.39 is 0 Å². The maximum atomic E-state index is 3.83. The minimum Gasteiger partial charge on any atom is -0.307 e. The molecule has 1 heterocycles. The van der Waals surface area contributed by atoms with Gasteiger partial charge in [0.05, 0.1) is 0 Å². The largest absolute Gasteiger partial charge is 0.307 e. The molecule has 1 aliphatic heterocycles. The molecule has 1 fully saturated rings. The lowest BCUT2D eigenvalue weighted by atomic mass is 9.79. The molecule has 0 bridgehead atoms. The molecule has 1 saturated carbocycles. The van der Waals surface area contributed by atoms with Gasteiger partial charge in [0.1, 0.15) is 0 Å². The second-order valence-electron chi connectivity index (χ2n) is 5.49. The van der Waals surface area contributed by atoms with Crippen molar-refractivity contribution in [2.75, 3.05) is 0 Å². The zero-order valence-corrected chi connectivity index (χ0v) is 9.97. The first-order valence-corrected chi connectivity index (χ1v) is 6.70. The SMILES string of the molecule is c1ccc2c(c1)CNC1(CCCCCC1)C2. The molecule has 1 N–H and O–H groups in total. The molecule has 0 unspecified atom stereocenters. The van der Waals surface area contributed by atoms with Crippen LogP contribution in [0, 0.1) is 0 Å². The number of fused-ring (bicyclic) bond motifs is 1. The Morgan fingerprint density at radius 1 is 0.875 bits per heavy atom. The van der Waals surface area contributed by atoms with E-state index in [0.29, 0.717) is 5.54 Å². The molecule has 0 amide bonds. The molecule has 0 saturated heterocycles. The summed E-state index contributed by atoms with van der Waals surface area (Å²) in [6.07, 6.45) is 9.70. The van der Waals surface area contributed by atoms with E-state index in [4.69, 9.17) is 0 Å². The Labute approximate surface area is 98.3 Å². The maximum absolute atomic E-state index is 3.83. The van der Waals surface area contributed by atoms with Gasteiger partial charge in [-0.05, 0) is 30.4 Å². The van der Waals surface area contributed by atoms with Crippen molar-refractivity contribution in [3.63, 3.8) is 0 Å². The van der Waals surface area contributed by atoms with Crippen molar-refractivity contribution in [2.45, 2.75) is 57.0 Å². The summed E-state index contributed by atoms with van der Waals surface area (Å²) < 4.78 is 0. The highest BCUT2D eigenvalue weighted by atomic mass is 15.0. The van der Waals surface area contributed by atoms with Gasteiger partial charge in [0.15, 0.2) is 0 Å². The zero-order valence-electron chi connectivity index (χ0n) is 9.97. The smallest absolute Gasteiger partial charge is 0.0225 e. The van der Waals surface area contributed by atoms with Crippen LogP contribution >= 0.6 is 0 Å². The lowest BCUT2D eigenvalue weighted by molar-refractivity contribution is 0.264. The summed E-state index contributed by atoms with van der Waals surface area (Å²) in [6.45, 7) is 1.08. The molecular weight excluding hydrogens is 194 g/mol. The summed E-state index contributed by atoms with van der Waals surface area (Å²) in [5.41, 5.74) is 3.53. The van der Waals surface area contributed by atoms with Crippen LogP contribution in [0.4, 0.5) is 0 Å². The van der Waals surface area contributed by atoms with Crippen LogP contribution in [0.25, 0.3) is 0 Å². The molecular formula is C15H21N. The Kier molecular flexibility index (Phi) is 2.72. The minimum atomic E-state index is 0.435. The van der Waals surface area contributed by atoms with Gasteiger partial charge in [-0.25, -0.2) is 0 Å². The first kappa shape index (κ1) is 10.3. The normalized spacial score (nSPS) is 23.8. The molecule has 16 heavy (non-hydrogen) atoms. The molecule has 1 heteroatoms. The van der Waals surface area contributed by atoms with Crippen LogP contribution in [-0.4, -0.2) is 5.54 Å². The van der Waals surface area contributed by atoms with Crippen LogP contribution in [0.1, 0.15) is 49.7 Å². The Morgan fingerprint density at radius 2 is 1.56 bits per heavy atom. The van der Waals surface area contributed by atoms with Gasteiger partial charge in [-0.3, -0.25) is 0 Å².